The van der Waals surface area contributed by atoms with Gasteiger partial charge in [-0.3, -0.25) is 9.79 Å². The van der Waals surface area contributed by atoms with Crippen LogP contribution in [0, 0.1) is 11.6 Å². The van der Waals surface area contributed by atoms with E-state index in [-0.39, 0.29) is 41.6 Å². The van der Waals surface area contributed by atoms with Gasteiger partial charge >= 0.3 is 0 Å². The highest BCUT2D eigenvalue weighted by atomic mass is 127. The molecule has 1 aliphatic rings. The Morgan fingerprint density at radius 3 is 2.64 bits per heavy atom. The van der Waals surface area contributed by atoms with Crippen LogP contribution in [0.15, 0.2) is 40.4 Å². The summed E-state index contributed by atoms with van der Waals surface area (Å²) in [5, 5.41) is 3.07. The third-order valence-corrected chi connectivity index (χ3v) is 4.53. The van der Waals surface area contributed by atoms with Crippen molar-refractivity contribution in [3.63, 3.8) is 0 Å². The van der Waals surface area contributed by atoms with E-state index in [9.17, 15) is 13.6 Å². The van der Waals surface area contributed by atoms with Gasteiger partial charge in [0.15, 0.2) is 11.8 Å². The second-order valence-electron chi connectivity index (χ2n) is 6.28. The first-order valence-electron chi connectivity index (χ1n) is 8.65. The van der Waals surface area contributed by atoms with E-state index in [0.717, 1.165) is 12.1 Å². The van der Waals surface area contributed by atoms with Crippen LogP contribution in [0.1, 0.15) is 5.56 Å². The van der Waals surface area contributed by atoms with Crippen molar-refractivity contribution < 1.29 is 8.78 Å². The molecular formula is C18H23F2IN6O. The standard InChI is InChI=1S/C18H22F2N6O.HI/c1-21-18(23-12-13-11-14(19)3-4-15(13)20)26-9-7-25(8-10-26)16-17(27)24(2)6-5-22-16;/h3-6,11H,7-10,12H2,1-2H3,(H,21,23);1H. The molecule has 1 saturated heterocycles. The van der Waals surface area contributed by atoms with Crippen LogP contribution in [-0.2, 0) is 13.6 Å². The zero-order valence-electron chi connectivity index (χ0n) is 15.7. The number of nitrogens with zero attached hydrogens (tertiary/aromatic N) is 5. The Bertz CT molecular complexity index is 896. The molecule has 0 saturated carbocycles. The molecule has 0 aliphatic carbocycles. The minimum atomic E-state index is -0.478. The minimum Gasteiger partial charge on any atom is -0.352 e. The molecule has 0 amide bonds. The number of anilines is 1. The lowest BCUT2D eigenvalue weighted by Gasteiger charge is -2.36. The van der Waals surface area contributed by atoms with Gasteiger partial charge in [-0.1, -0.05) is 0 Å². The summed E-state index contributed by atoms with van der Waals surface area (Å²) in [6.07, 6.45) is 3.23. The van der Waals surface area contributed by atoms with Crippen LogP contribution in [0.3, 0.4) is 0 Å². The summed E-state index contributed by atoms with van der Waals surface area (Å²) in [6, 6.07) is 3.38. The molecule has 0 spiro atoms. The molecule has 1 aromatic carbocycles. The Balaban J connectivity index is 0.00000280. The van der Waals surface area contributed by atoms with E-state index in [2.05, 4.69) is 15.3 Å². The van der Waals surface area contributed by atoms with Gasteiger partial charge in [0.1, 0.15) is 11.6 Å². The maximum atomic E-state index is 13.8. The number of aliphatic imine (C=N–C) groups is 1. The monoisotopic (exact) mass is 504 g/mol. The van der Waals surface area contributed by atoms with Gasteiger partial charge in [-0.2, -0.15) is 0 Å². The average Bonchev–Trinajstić information content (AvgIpc) is 2.67. The van der Waals surface area contributed by atoms with Crippen molar-refractivity contribution in [2.24, 2.45) is 12.0 Å². The minimum absolute atomic E-state index is 0. The number of nitrogens with one attached hydrogen (secondary N) is 1. The van der Waals surface area contributed by atoms with Crippen molar-refractivity contribution in [1.82, 2.24) is 19.8 Å². The van der Waals surface area contributed by atoms with Crippen LogP contribution in [0.25, 0.3) is 0 Å². The first-order valence-corrected chi connectivity index (χ1v) is 8.65. The lowest BCUT2D eigenvalue weighted by Crippen LogP contribution is -2.53. The summed E-state index contributed by atoms with van der Waals surface area (Å²) in [4.78, 5) is 24.6. The fraction of sp³-hybridized carbons (Fsp3) is 0.389. The molecule has 2 heterocycles. The number of halogens is 3. The highest BCUT2D eigenvalue weighted by Crippen LogP contribution is 2.11. The predicted octanol–water partition coefficient (Wildman–Crippen LogP) is 1.57. The third-order valence-electron chi connectivity index (χ3n) is 4.53. The molecule has 0 radical (unpaired) electrons. The van der Waals surface area contributed by atoms with Crippen LogP contribution in [0.4, 0.5) is 14.6 Å². The highest BCUT2D eigenvalue weighted by molar-refractivity contribution is 14.0. The van der Waals surface area contributed by atoms with Crippen molar-refractivity contribution >= 4 is 35.8 Å². The van der Waals surface area contributed by atoms with Crippen LogP contribution in [0.5, 0.6) is 0 Å². The van der Waals surface area contributed by atoms with E-state index in [1.165, 1.54) is 10.6 Å². The highest BCUT2D eigenvalue weighted by Gasteiger charge is 2.22. The van der Waals surface area contributed by atoms with Crippen LogP contribution in [-0.4, -0.2) is 53.6 Å². The molecule has 3 rings (SSSR count). The van der Waals surface area contributed by atoms with Crippen molar-refractivity contribution in [1.29, 1.82) is 0 Å². The second kappa shape index (κ2) is 9.80. The number of piperazine rings is 1. The fourth-order valence-electron chi connectivity index (χ4n) is 3.02. The topological polar surface area (TPSA) is 65.8 Å². The van der Waals surface area contributed by atoms with Crippen molar-refractivity contribution in [3.8, 4) is 0 Å². The number of benzene rings is 1. The largest absolute Gasteiger partial charge is 0.352 e. The van der Waals surface area contributed by atoms with Gasteiger partial charge in [-0.05, 0) is 18.2 Å². The summed E-state index contributed by atoms with van der Waals surface area (Å²) < 4.78 is 28.6. The molecule has 1 fully saturated rings. The first-order chi connectivity index (χ1) is 13.0. The molecule has 28 heavy (non-hydrogen) atoms. The number of guanidine groups is 1. The van der Waals surface area contributed by atoms with E-state index in [4.69, 9.17) is 0 Å². The number of aryl methyl sites for hydroxylation is 1. The zero-order chi connectivity index (χ0) is 19.4. The summed E-state index contributed by atoms with van der Waals surface area (Å²) >= 11 is 0. The van der Waals surface area contributed by atoms with Crippen LogP contribution < -0.4 is 15.8 Å². The van der Waals surface area contributed by atoms with E-state index in [1.54, 1.807) is 26.5 Å². The van der Waals surface area contributed by atoms with Crippen LogP contribution >= 0.6 is 24.0 Å². The second-order valence-corrected chi connectivity index (χ2v) is 6.28. The number of aromatic nitrogens is 2. The lowest BCUT2D eigenvalue weighted by atomic mass is 10.2. The van der Waals surface area contributed by atoms with Gasteiger partial charge in [-0.25, -0.2) is 13.8 Å². The first kappa shape index (κ1) is 22.1. The van der Waals surface area contributed by atoms with Gasteiger partial charge < -0.3 is 19.7 Å². The zero-order valence-corrected chi connectivity index (χ0v) is 18.1. The molecule has 1 aromatic heterocycles. The predicted molar refractivity (Wildman–Crippen MR) is 115 cm³/mol. The Kier molecular flexibility index (Phi) is 7.72. The van der Waals surface area contributed by atoms with E-state index in [1.807, 2.05) is 9.80 Å². The maximum absolute atomic E-state index is 13.8. The Hall–Kier alpha value is -2.24. The number of hydrogen-bond acceptors (Lipinski definition) is 4. The average molecular weight is 504 g/mol. The SMILES string of the molecule is CN=C(NCc1cc(F)ccc1F)N1CCN(c2nccn(C)c2=O)CC1.I. The molecule has 7 nitrogen and oxygen atoms in total. The number of hydrogen-bond donors (Lipinski definition) is 1. The van der Waals surface area contributed by atoms with Gasteiger partial charge in [0, 0.05) is 64.8 Å². The quantitative estimate of drug-likeness (QED) is 0.391. The van der Waals surface area contributed by atoms with Crippen molar-refractivity contribution in [2.75, 3.05) is 38.1 Å². The Morgan fingerprint density at radius 1 is 1.25 bits per heavy atom. The van der Waals surface area contributed by atoms with Crippen molar-refractivity contribution in [3.05, 3.63) is 58.1 Å². The van der Waals surface area contributed by atoms with Gasteiger partial charge in [0.05, 0.1) is 0 Å². The summed E-state index contributed by atoms with van der Waals surface area (Å²) in [7, 11) is 3.34. The molecule has 2 aromatic rings. The van der Waals surface area contributed by atoms with E-state index >= 15 is 0 Å². The number of rotatable bonds is 3. The summed E-state index contributed by atoms with van der Waals surface area (Å²) in [5.74, 6) is 0.0978. The normalized spacial score (nSPS) is 14.6. The molecule has 152 valence electrons. The molecule has 10 heteroatoms. The van der Waals surface area contributed by atoms with Crippen LogP contribution in [0.2, 0.25) is 0 Å². The molecule has 0 bridgehead atoms. The Labute approximate surface area is 179 Å². The van der Waals surface area contributed by atoms with Gasteiger partial charge in [-0.15, -0.1) is 24.0 Å². The Morgan fingerprint density at radius 2 is 1.96 bits per heavy atom. The maximum Gasteiger partial charge on any atom is 0.293 e. The molecule has 1 aliphatic heterocycles. The smallest absolute Gasteiger partial charge is 0.293 e. The third kappa shape index (κ3) is 4.97. The van der Waals surface area contributed by atoms with Gasteiger partial charge in [0.2, 0.25) is 0 Å². The fourth-order valence-corrected chi connectivity index (χ4v) is 3.02. The lowest BCUT2D eigenvalue weighted by molar-refractivity contribution is 0.370. The van der Waals surface area contributed by atoms with Crippen molar-refractivity contribution in [2.45, 2.75) is 6.54 Å². The summed E-state index contributed by atoms with van der Waals surface area (Å²) in [5.41, 5.74) is 0.113. The molecular weight excluding hydrogens is 481 g/mol. The van der Waals surface area contributed by atoms with E-state index < -0.39 is 11.6 Å². The van der Waals surface area contributed by atoms with Gasteiger partial charge in [0.25, 0.3) is 5.56 Å². The summed E-state index contributed by atoms with van der Waals surface area (Å²) in [6.45, 7) is 2.62. The molecule has 0 unspecified atom stereocenters. The van der Waals surface area contributed by atoms with E-state index in [0.29, 0.717) is 38.0 Å². The molecule has 1 N–H and O–H groups in total. The molecule has 0 atom stereocenters.